The Labute approximate surface area is 165 Å². The minimum Gasteiger partial charge on any atom is -0.465 e. The molecular weight excluding hydrogens is 354 g/mol. The zero-order chi connectivity index (χ0) is 19.8. The van der Waals surface area contributed by atoms with Gasteiger partial charge >= 0.3 is 12.1 Å². The first-order valence-corrected chi connectivity index (χ1v) is 9.80. The van der Waals surface area contributed by atoms with Crippen molar-refractivity contribution in [3.8, 4) is 0 Å². The van der Waals surface area contributed by atoms with E-state index < -0.39 is 18.2 Å². The number of nitrogens with one attached hydrogen (secondary N) is 3. The van der Waals surface area contributed by atoms with Crippen molar-refractivity contribution in [3.63, 3.8) is 0 Å². The molecular formula is C22H27N3O3. The molecule has 0 bridgehead atoms. The average molecular weight is 381 g/mol. The van der Waals surface area contributed by atoms with Crippen LogP contribution >= 0.6 is 0 Å². The molecule has 28 heavy (non-hydrogen) atoms. The van der Waals surface area contributed by atoms with Gasteiger partial charge in [-0.05, 0) is 24.0 Å². The van der Waals surface area contributed by atoms with Crippen LogP contribution < -0.4 is 16.0 Å². The van der Waals surface area contributed by atoms with Gasteiger partial charge < -0.3 is 21.1 Å². The summed E-state index contributed by atoms with van der Waals surface area (Å²) in [7, 11) is 0. The van der Waals surface area contributed by atoms with Crippen LogP contribution in [0.4, 0.5) is 9.59 Å². The summed E-state index contributed by atoms with van der Waals surface area (Å²) in [5, 5.41) is 18.0. The Morgan fingerprint density at radius 3 is 1.79 bits per heavy atom. The molecule has 2 aromatic rings. The monoisotopic (exact) mass is 381 g/mol. The van der Waals surface area contributed by atoms with Crippen LogP contribution in [0.1, 0.15) is 55.3 Å². The quantitative estimate of drug-likeness (QED) is 0.599. The van der Waals surface area contributed by atoms with Crippen molar-refractivity contribution in [2.75, 3.05) is 0 Å². The van der Waals surface area contributed by atoms with E-state index in [9.17, 15) is 14.7 Å². The first-order valence-electron chi connectivity index (χ1n) is 9.80. The topological polar surface area (TPSA) is 90.5 Å². The number of carbonyl (C=O) groups is 2. The Hall–Kier alpha value is -3.02. The highest BCUT2D eigenvalue weighted by Gasteiger charge is 2.28. The van der Waals surface area contributed by atoms with E-state index in [1.54, 1.807) is 0 Å². The summed E-state index contributed by atoms with van der Waals surface area (Å²) in [4.78, 5) is 24.2. The van der Waals surface area contributed by atoms with Crippen LogP contribution in [-0.4, -0.2) is 23.3 Å². The summed E-state index contributed by atoms with van der Waals surface area (Å²) in [6, 6.07) is 17.5. The van der Waals surface area contributed by atoms with E-state index in [-0.39, 0.29) is 12.1 Å². The standard InChI is InChI=1S/C22H27N3O3/c26-21(23-18-14-8-3-9-15-18)24-19(16-10-4-1-5-11-16)20(25-22(27)28)17-12-6-2-7-13-17/h1-2,4-7,10-13,18-20,25H,3,8-9,14-15H2,(H,27,28)(H2,23,24,26). The second-order valence-corrected chi connectivity index (χ2v) is 7.18. The van der Waals surface area contributed by atoms with E-state index in [4.69, 9.17) is 0 Å². The first kappa shape index (κ1) is 19.7. The normalized spacial score (nSPS) is 16.6. The Morgan fingerprint density at radius 2 is 1.29 bits per heavy atom. The third-order valence-corrected chi connectivity index (χ3v) is 5.16. The van der Waals surface area contributed by atoms with Crippen LogP contribution in [0.15, 0.2) is 60.7 Å². The molecule has 1 fully saturated rings. The van der Waals surface area contributed by atoms with Gasteiger partial charge in [-0.3, -0.25) is 0 Å². The van der Waals surface area contributed by atoms with Gasteiger partial charge in [-0.15, -0.1) is 0 Å². The van der Waals surface area contributed by atoms with Crippen LogP contribution in [0, 0.1) is 0 Å². The van der Waals surface area contributed by atoms with E-state index >= 15 is 0 Å². The third kappa shape index (κ3) is 5.49. The van der Waals surface area contributed by atoms with Crippen LogP contribution in [-0.2, 0) is 0 Å². The van der Waals surface area contributed by atoms with Crippen LogP contribution in [0.25, 0.3) is 0 Å². The SMILES string of the molecule is O=C(O)NC(c1ccccc1)C(NC(=O)NC1CCCCC1)c1ccccc1. The van der Waals surface area contributed by atoms with E-state index in [1.807, 2.05) is 60.7 Å². The summed E-state index contributed by atoms with van der Waals surface area (Å²) >= 11 is 0. The Balaban J connectivity index is 1.84. The molecule has 1 aliphatic rings. The maximum atomic E-state index is 12.7. The van der Waals surface area contributed by atoms with Crippen molar-refractivity contribution in [2.24, 2.45) is 0 Å². The third-order valence-electron chi connectivity index (χ3n) is 5.16. The van der Waals surface area contributed by atoms with Gasteiger partial charge in [0.05, 0.1) is 12.1 Å². The summed E-state index contributed by atoms with van der Waals surface area (Å²) in [6.45, 7) is 0. The number of rotatable bonds is 6. The number of hydrogen-bond donors (Lipinski definition) is 4. The molecule has 6 heteroatoms. The van der Waals surface area contributed by atoms with E-state index in [0.717, 1.165) is 36.8 Å². The number of amides is 3. The van der Waals surface area contributed by atoms with E-state index in [2.05, 4.69) is 16.0 Å². The molecule has 1 aliphatic carbocycles. The van der Waals surface area contributed by atoms with Crippen molar-refractivity contribution in [2.45, 2.75) is 50.2 Å². The lowest BCUT2D eigenvalue weighted by Gasteiger charge is -2.30. The van der Waals surface area contributed by atoms with Crippen LogP contribution in [0.3, 0.4) is 0 Å². The second kappa shape index (κ2) is 9.78. The predicted octanol–water partition coefficient (Wildman–Crippen LogP) is 4.37. The van der Waals surface area contributed by atoms with Crippen molar-refractivity contribution in [1.29, 1.82) is 0 Å². The van der Waals surface area contributed by atoms with Crippen molar-refractivity contribution in [1.82, 2.24) is 16.0 Å². The Morgan fingerprint density at radius 1 is 0.786 bits per heavy atom. The molecule has 0 heterocycles. The number of carbonyl (C=O) groups excluding carboxylic acids is 1. The lowest BCUT2D eigenvalue weighted by molar-refractivity contribution is 0.184. The van der Waals surface area contributed by atoms with Gasteiger partial charge in [0, 0.05) is 6.04 Å². The molecule has 0 radical (unpaired) electrons. The molecule has 3 rings (SSSR count). The predicted molar refractivity (Wildman–Crippen MR) is 108 cm³/mol. The van der Waals surface area contributed by atoms with Crippen LogP contribution in [0.5, 0.6) is 0 Å². The molecule has 1 saturated carbocycles. The maximum absolute atomic E-state index is 12.7. The number of hydrogen-bond acceptors (Lipinski definition) is 2. The van der Waals surface area contributed by atoms with Crippen LogP contribution in [0.2, 0.25) is 0 Å². The molecule has 4 N–H and O–H groups in total. The molecule has 0 saturated heterocycles. The molecule has 2 atom stereocenters. The first-order chi connectivity index (χ1) is 13.6. The van der Waals surface area contributed by atoms with Crippen molar-refractivity contribution in [3.05, 3.63) is 71.8 Å². The molecule has 3 amide bonds. The van der Waals surface area contributed by atoms with Gasteiger partial charge in [-0.1, -0.05) is 79.9 Å². The summed E-state index contributed by atoms with van der Waals surface area (Å²) in [5.41, 5.74) is 1.63. The highest BCUT2D eigenvalue weighted by molar-refractivity contribution is 5.75. The number of benzene rings is 2. The van der Waals surface area contributed by atoms with Gasteiger partial charge in [0.2, 0.25) is 0 Å². The average Bonchev–Trinajstić information content (AvgIpc) is 2.72. The molecule has 0 aliphatic heterocycles. The summed E-state index contributed by atoms with van der Waals surface area (Å²) < 4.78 is 0. The molecule has 0 aromatic heterocycles. The summed E-state index contributed by atoms with van der Waals surface area (Å²) in [6.07, 6.45) is 4.30. The van der Waals surface area contributed by atoms with Gasteiger partial charge in [-0.2, -0.15) is 0 Å². The Bertz CT molecular complexity index is 761. The lowest BCUT2D eigenvalue weighted by Crippen LogP contribution is -2.47. The molecule has 2 aromatic carbocycles. The summed E-state index contributed by atoms with van der Waals surface area (Å²) in [5.74, 6) is 0. The highest BCUT2D eigenvalue weighted by Crippen LogP contribution is 2.29. The van der Waals surface area contributed by atoms with Gasteiger partial charge in [-0.25, -0.2) is 9.59 Å². The number of urea groups is 1. The fourth-order valence-electron chi connectivity index (χ4n) is 3.79. The molecule has 6 nitrogen and oxygen atoms in total. The van der Waals surface area contributed by atoms with Gasteiger partial charge in [0.1, 0.15) is 0 Å². The fourth-order valence-corrected chi connectivity index (χ4v) is 3.79. The fraction of sp³-hybridized carbons (Fsp3) is 0.364. The van der Waals surface area contributed by atoms with Gasteiger partial charge in [0.15, 0.2) is 0 Å². The van der Waals surface area contributed by atoms with Gasteiger partial charge in [0.25, 0.3) is 0 Å². The smallest absolute Gasteiger partial charge is 0.405 e. The molecule has 148 valence electrons. The molecule has 0 spiro atoms. The molecule has 2 unspecified atom stereocenters. The second-order valence-electron chi connectivity index (χ2n) is 7.18. The highest BCUT2D eigenvalue weighted by atomic mass is 16.4. The van der Waals surface area contributed by atoms with Crippen molar-refractivity contribution >= 4 is 12.1 Å². The minimum absolute atomic E-state index is 0.174. The minimum atomic E-state index is -1.13. The zero-order valence-electron chi connectivity index (χ0n) is 15.8. The largest absolute Gasteiger partial charge is 0.465 e. The maximum Gasteiger partial charge on any atom is 0.405 e. The van der Waals surface area contributed by atoms with Crippen molar-refractivity contribution < 1.29 is 14.7 Å². The lowest BCUT2D eigenvalue weighted by atomic mass is 9.93. The number of carboxylic acid groups (broad SMARTS) is 1. The Kier molecular flexibility index (Phi) is 6.89. The van der Waals surface area contributed by atoms with E-state index in [0.29, 0.717) is 0 Å². The van der Waals surface area contributed by atoms with E-state index in [1.165, 1.54) is 6.42 Å². The zero-order valence-corrected chi connectivity index (χ0v) is 15.8.